The molecule has 0 amide bonds. The quantitative estimate of drug-likeness (QED) is 0.917. The van der Waals surface area contributed by atoms with Gasteiger partial charge in [-0.3, -0.25) is 4.98 Å². The van der Waals surface area contributed by atoms with Gasteiger partial charge in [-0.1, -0.05) is 43.3 Å². The van der Waals surface area contributed by atoms with Crippen LogP contribution in [0.15, 0.2) is 29.0 Å². The van der Waals surface area contributed by atoms with E-state index in [1.165, 1.54) is 38.5 Å². The summed E-state index contributed by atoms with van der Waals surface area (Å²) in [5.74, 6) is 2.20. The van der Waals surface area contributed by atoms with Gasteiger partial charge in [0.15, 0.2) is 5.82 Å². The number of nitrogens with zero attached hydrogens (tertiary/aromatic N) is 2. The Balaban J connectivity index is 1.74. The van der Waals surface area contributed by atoms with E-state index in [0.29, 0.717) is 5.82 Å². The van der Waals surface area contributed by atoms with E-state index in [4.69, 9.17) is 10.3 Å². The minimum Gasteiger partial charge on any atom is -0.380 e. The minimum absolute atomic E-state index is 0.469. The summed E-state index contributed by atoms with van der Waals surface area (Å²) in [5, 5.41) is 3.93. The normalized spacial score (nSPS) is 16.4. The molecule has 1 aliphatic carbocycles. The SMILES string of the molecule is Nc1noc(CCC2CCCCC2)c1-c1cccnc1. The van der Waals surface area contributed by atoms with Crippen LogP contribution in [0.5, 0.6) is 0 Å². The zero-order valence-corrected chi connectivity index (χ0v) is 11.7. The number of anilines is 1. The molecule has 1 aliphatic rings. The molecule has 0 saturated heterocycles. The Morgan fingerprint density at radius 2 is 2.10 bits per heavy atom. The number of pyridine rings is 1. The van der Waals surface area contributed by atoms with E-state index in [0.717, 1.165) is 29.2 Å². The topological polar surface area (TPSA) is 64.9 Å². The summed E-state index contributed by atoms with van der Waals surface area (Å²) in [7, 11) is 0. The summed E-state index contributed by atoms with van der Waals surface area (Å²) in [6.45, 7) is 0. The van der Waals surface area contributed by atoms with Crippen LogP contribution in [-0.2, 0) is 6.42 Å². The van der Waals surface area contributed by atoms with Crippen molar-refractivity contribution in [2.45, 2.75) is 44.9 Å². The summed E-state index contributed by atoms with van der Waals surface area (Å²) in [6.07, 6.45) is 12.5. The highest BCUT2D eigenvalue weighted by molar-refractivity contribution is 5.74. The lowest BCUT2D eigenvalue weighted by atomic mass is 9.85. The maximum absolute atomic E-state index is 5.95. The van der Waals surface area contributed by atoms with Crippen LogP contribution in [0.1, 0.15) is 44.3 Å². The molecule has 1 fully saturated rings. The Hall–Kier alpha value is -1.84. The maximum atomic E-state index is 5.95. The first-order valence-corrected chi connectivity index (χ1v) is 7.49. The maximum Gasteiger partial charge on any atom is 0.175 e. The highest BCUT2D eigenvalue weighted by Crippen LogP contribution is 2.32. The van der Waals surface area contributed by atoms with Crippen molar-refractivity contribution >= 4 is 5.82 Å². The lowest BCUT2D eigenvalue weighted by molar-refractivity contribution is 0.318. The van der Waals surface area contributed by atoms with E-state index in [1.54, 1.807) is 6.20 Å². The first kappa shape index (κ1) is 13.2. The van der Waals surface area contributed by atoms with Gasteiger partial charge in [0.2, 0.25) is 0 Å². The van der Waals surface area contributed by atoms with Gasteiger partial charge in [-0.05, 0) is 18.4 Å². The van der Waals surface area contributed by atoms with Crippen LogP contribution in [0.3, 0.4) is 0 Å². The Bertz CT molecular complexity index is 544. The van der Waals surface area contributed by atoms with Gasteiger partial charge in [-0.15, -0.1) is 0 Å². The van der Waals surface area contributed by atoms with Crippen LogP contribution in [0.2, 0.25) is 0 Å². The molecular weight excluding hydrogens is 250 g/mol. The first-order chi connectivity index (χ1) is 9.84. The van der Waals surface area contributed by atoms with E-state index in [9.17, 15) is 0 Å². The smallest absolute Gasteiger partial charge is 0.175 e. The molecule has 3 rings (SSSR count). The van der Waals surface area contributed by atoms with Gasteiger partial charge in [0.25, 0.3) is 0 Å². The van der Waals surface area contributed by atoms with Gasteiger partial charge in [0.1, 0.15) is 5.76 Å². The molecule has 106 valence electrons. The Kier molecular flexibility index (Phi) is 4.00. The van der Waals surface area contributed by atoms with Crippen molar-refractivity contribution in [2.24, 2.45) is 5.92 Å². The molecule has 0 spiro atoms. The number of nitrogen functional groups attached to an aromatic ring is 1. The van der Waals surface area contributed by atoms with Crippen molar-refractivity contribution in [1.82, 2.24) is 10.1 Å². The molecule has 0 aromatic carbocycles. The molecule has 0 unspecified atom stereocenters. The molecule has 4 nitrogen and oxygen atoms in total. The number of rotatable bonds is 4. The average molecular weight is 271 g/mol. The van der Waals surface area contributed by atoms with E-state index in [1.807, 2.05) is 18.3 Å². The highest BCUT2D eigenvalue weighted by atomic mass is 16.5. The van der Waals surface area contributed by atoms with Crippen LogP contribution < -0.4 is 5.73 Å². The molecule has 2 N–H and O–H groups in total. The molecule has 1 saturated carbocycles. The van der Waals surface area contributed by atoms with Gasteiger partial charge in [-0.25, -0.2) is 0 Å². The third-order valence-corrected chi connectivity index (χ3v) is 4.24. The highest BCUT2D eigenvalue weighted by Gasteiger charge is 2.19. The van der Waals surface area contributed by atoms with Crippen LogP contribution in [-0.4, -0.2) is 10.1 Å². The second-order valence-electron chi connectivity index (χ2n) is 5.65. The van der Waals surface area contributed by atoms with Gasteiger partial charge < -0.3 is 10.3 Å². The van der Waals surface area contributed by atoms with Gasteiger partial charge in [-0.2, -0.15) is 0 Å². The zero-order chi connectivity index (χ0) is 13.8. The molecule has 2 aromatic heterocycles. The molecule has 0 radical (unpaired) electrons. The predicted octanol–water partition coefficient (Wildman–Crippen LogP) is 3.83. The van der Waals surface area contributed by atoms with Crippen molar-refractivity contribution in [1.29, 1.82) is 0 Å². The number of hydrogen-bond acceptors (Lipinski definition) is 4. The molecule has 0 aliphatic heterocycles. The molecule has 4 heteroatoms. The predicted molar refractivity (Wildman–Crippen MR) is 79.0 cm³/mol. The third-order valence-electron chi connectivity index (χ3n) is 4.24. The molecule has 0 atom stereocenters. The van der Waals surface area contributed by atoms with Gasteiger partial charge in [0, 0.05) is 24.4 Å². The van der Waals surface area contributed by atoms with E-state index < -0.39 is 0 Å². The minimum atomic E-state index is 0.469. The van der Waals surface area contributed by atoms with Crippen molar-refractivity contribution in [2.75, 3.05) is 5.73 Å². The molecule has 2 heterocycles. The monoisotopic (exact) mass is 271 g/mol. The van der Waals surface area contributed by atoms with Crippen molar-refractivity contribution in [3.8, 4) is 11.1 Å². The summed E-state index contributed by atoms with van der Waals surface area (Å²) < 4.78 is 5.44. The largest absolute Gasteiger partial charge is 0.380 e. The fourth-order valence-electron chi connectivity index (χ4n) is 3.14. The van der Waals surface area contributed by atoms with E-state index >= 15 is 0 Å². The third kappa shape index (κ3) is 2.84. The van der Waals surface area contributed by atoms with E-state index in [-0.39, 0.29) is 0 Å². The van der Waals surface area contributed by atoms with Gasteiger partial charge in [0.05, 0.1) is 5.56 Å². The van der Waals surface area contributed by atoms with E-state index in [2.05, 4.69) is 10.1 Å². The van der Waals surface area contributed by atoms with Crippen molar-refractivity contribution in [3.05, 3.63) is 30.3 Å². The van der Waals surface area contributed by atoms with Crippen LogP contribution >= 0.6 is 0 Å². The fourth-order valence-corrected chi connectivity index (χ4v) is 3.14. The van der Waals surface area contributed by atoms with Crippen LogP contribution in [0.4, 0.5) is 5.82 Å². The number of hydrogen-bond donors (Lipinski definition) is 1. The Labute approximate surface area is 119 Å². The summed E-state index contributed by atoms with van der Waals surface area (Å²) in [4.78, 5) is 4.15. The first-order valence-electron chi connectivity index (χ1n) is 7.49. The van der Waals surface area contributed by atoms with Crippen LogP contribution in [0, 0.1) is 5.92 Å². The molecule has 20 heavy (non-hydrogen) atoms. The average Bonchev–Trinajstić information content (AvgIpc) is 2.88. The second kappa shape index (κ2) is 6.07. The van der Waals surface area contributed by atoms with Crippen molar-refractivity contribution in [3.63, 3.8) is 0 Å². The Morgan fingerprint density at radius 1 is 1.25 bits per heavy atom. The summed E-state index contributed by atoms with van der Waals surface area (Å²) in [5.41, 5.74) is 7.87. The number of nitrogens with two attached hydrogens (primary N) is 1. The lowest BCUT2D eigenvalue weighted by Crippen LogP contribution is -2.07. The second-order valence-corrected chi connectivity index (χ2v) is 5.65. The van der Waals surface area contributed by atoms with Crippen LogP contribution in [0.25, 0.3) is 11.1 Å². The standard InChI is InChI=1S/C16H21N3O/c17-16-15(13-7-4-10-18-11-13)14(20-19-16)9-8-12-5-2-1-3-6-12/h4,7,10-12H,1-3,5-6,8-9H2,(H2,17,19). The molecule has 0 bridgehead atoms. The lowest BCUT2D eigenvalue weighted by Gasteiger charge is -2.20. The molecular formula is C16H21N3O. The van der Waals surface area contributed by atoms with Crippen molar-refractivity contribution < 1.29 is 4.52 Å². The zero-order valence-electron chi connectivity index (χ0n) is 11.7. The summed E-state index contributed by atoms with van der Waals surface area (Å²) in [6, 6.07) is 3.91. The summed E-state index contributed by atoms with van der Waals surface area (Å²) >= 11 is 0. The fraction of sp³-hybridized carbons (Fsp3) is 0.500. The van der Waals surface area contributed by atoms with Gasteiger partial charge >= 0.3 is 0 Å². The molecule has 2 aromatic rings. The number of aromatic nitrogens is 2. The Morgan fingerprint density at radius 3 is 2.85 bits per heavy atom. The number of aryl methyl sites for hydroxylation is 1.